The number of ketones is 1. The molecular formula is C23H16O4. The number of rotatable bonds is 5. The predicted octanol–water partition coefficient (Wildman–Crippen LogP) is 4.72. The Morgan fingerprint density at radius 3 is 2.33 bits per heavy atom. The van der Waals surface area contributed by atoms with Crippen LogP contribution in [0.5, 0.6) is 5.75 Å². The Morgan fingerprint density at radius 2 is 1.59 bits per heavy atom. The zero-order valence-corrected chi connectivity index (χ0v) is 14.4. The SMILES string of the molecule is O=C(COc1ccc2c(=O)c(-c3ccccc3)coc2c1)c1ccccc1. The summed E-state index contributed by atoms with van der Waals surface area (Å²) in [5.74, 6) is 0.360. The fraction of sp³-hybridized carbons (Fsp3) is 0.0435. The Bertz CT molecular complexity index is 1150. The van der Waals surface area contributed by atoms with Gasteiger partial charge in [0.15, 0.2) is 17.8 Å². The van der Waals surface area contributed by atoms with E-state index in [1.54, 1.807) is 30.3 Å². The second-order valence-electron chi connectivity index (χ2n) is 6.08. The monoisotopic (exact) mass is 356 g/mol. The normalized spacial score (nSPS) is 10.7. The summed E-state index contributed by atoms with van der Waals surface area (Å²) in [4.78, 5) is 24.9. The average molecular weight is 356 g/mol. The van der Waals surface area contributed by atoms with Crippen LogP contribution in [0.4, 0.5) is 0 Å². The van der Waals surface area contributed by atoms with Crippen molar-refractivity contribution < 1.29 is 13.9 Å². The van der Waals surface area contributed by atoms with Gasteiger partial charge in [0.1, 0.15) is 17.6 Å². The van der Waals surface area contributed by atoms with Crippen molar-refractivity contribution in [2.45, 2.75) is 0 Å². The van der Waals surface area contributed by atoms with E-state index >= 15 is 0 Å². The minimum absolute atomic E-state index is 0.0815. The van der Waals surface area contributed by atoms with E-state index in [0.29, 0.717) is 27.8 Å². The highest BCUT2D eigenvalue weighted by Gasteiger charge is 2.11. The van der Waals surface area contributed by atoms with E-state index < -0.39 is 0 Å². The summed E-state index contributed by atoms with van der Waals surface area (Å²) in [6, 6.07) is 23.3. The summed E-state index contributed by atoms with van der Waals surface area (Å²) in [6.45, 7) is -0.0815. The molecule has 0 atom stereocenters. The fourth-order valence-electron chi connectivity index (χ4n) is 2.87. The molecule has 0 saturated carbocycles. The van der Waals surface area contributed by atoms with Crippen molar-refractivity contribution in [2.24, 2.45) is 0 Å². The van der Waals surface area contributed by atoms with Crippen molar-refractivity contribution in [3.63, 3.8) is 0 Å². The third kappa shape index (κ3) is 3.51. The maximum atomic E-state index is 12.7. The third-order valence-corrected chi connectivity index (χ3v) is 4.30. The van der Waals surface area contributed by atoms with Crippen LogP contribution in [0, 0.1) is 0 Å². The Balaban J connectivity index is 1.58. The van der Waals surface area contributed by atoms with Gasteiger partial charge in [-0.2, -0.15) is 0 Å². The lowest BCUT2D eigenvalue weighted by Crippen LogP contribution is -2.11. The molecule has 27 heavy (non-hydrogen) atoms. The molecule has 0 amide bonds. The minimum Gasteiger partial charge on any atom is -0.485 e. The van der Waals surface area contributed by atoms with Gasteiger partial charge in [0, 0.05) is 11.6 Å². The van der Waals surface area contributed by atoms with Crippen molar-refractivity contribution in [1.29, 1.82) is 0 Å². The van der Waals surface area contributed by atoms with Crippen LogP contribution in [-0.2, 0) is 0 Å². The first-order valence-electron chi connectivity index (χ1n) is 8.54. The quantitative estimate of drug-likeness (QED) is 0.486. The lowest BCUT2D eigenvalue weighted by atomic mass is 10.1. The van der Waals surface area contributed by atoms with Crippen molar-refractivity contribution in [2.75, 3.05) is 6.61 Å². The standard InChI is InChI=1S/C23H16O4/c24-21(17-9-5-2-6-10-17)15-26-18-11-12-19-22(13-18)27-14-20(23(19)25)16-7-3-1-4-8-16/h1-14H,15H2. The molecule has 0 unspecified atom stereocenters. The van der Waals surface area contributed by atoms with Gasteiger partial charge in [-0.15, -0.1) is 0 Å². The van der Waals surface area contributed by atoms with E-state index in [1.807, 2.05) is 48.5 Å². The number of benzene rings is 3. The van der Waals surface area contributed by atoms with Gasteiger partial charge < -0.3 is 9.15 Å². The molecule has 3 aromatic carbocycles. The van der Waals surface area contributed by atoms with E-state index in [4.69, 9.17) is 9.15 Å². The van der Waals surface area contributed by atoms with Gasteiger partial charge in [-0.05, 0) is 17.7 Å². The third-order valence-electron chi connectivity index (χ3n) is 4.30. The van der Waals surface area contributed by atoms with Gasteiger partial charge in [-0.25, -0.2) is 0 Å². The summed E-state index contributed by atoms with van der Waals surface area (Å²) in [5.41, 5.74) is 2.23. The Morgan fingerprint density at radius 1 is 0.889 bits per heavy atom. The molecule has 4 rings (SSSR count). The average Bonchev–Trinajstić information content (AvgIpc) is 2.73. The molecular weight excluding hydrogens is 340 g/mol. The summed E-state index contributed by atoms with van der Waals surface area (Å²) in [6.07, 6.45) is 1.46. The molecule has 4 nitrogen and oxygen atoms in total. The van der Waals surface area contributed by atoms with E-state index in [1.165, 1.54) is 6.26 Å². The number of fused-ring (bicyclic) bond motifs is 1. The first-order chi connectivity index (χ1) is 13.2. The first-order valence-corrected chi connectivity index (χ1v) is 8.54. The second kappa shape index (κ2) is 7.30. The molecule has 0 aliphatic heterocycles. The van der Waals surface area contributed by atoms with Crippen LogP contribution in [0.25, 0.3) is 22.1 Å². The lowest BCUT2D eigenvalue weighted by molar-refractivity contribution is 0.0921. The first kappa shape index (κ1) is 16.8. The number of ether oxygens (including phenoxy) is 1. The van der Waals surface area contributed by atoms with Crippen molar-refractivity contribution in [3.05, 3.63) is 101 Å². The summed E-state index contributed by atoms with van der Waals surface area (Å²) in [7, 11) is 0. The fourth-order valence-corrected chi connectivity index (χ4v) is 2.87. The number of carbonyl (C=O) groups excluding carboxylic acids is 1. The molecule has 1 aromatic heterocycles. The van der Waals surface area contributed by atoms with Gasteiger partial charge in [-0.1, -0.05) is 60.7 Å². The highest BCUT2D eigenvalue weighted by molar-refractivity contribution is 5.97. The molecule has 0 saturated heterocycles. The molecule has 4 heteroatoms. The highest BCUT2D eigenvalue weighted by Crippen LogP contribution is 2.23. The Labute approximate surface area is 155 Å². The van der Waals surface area contributed by atoms with Crippen LogP contribution >= 0.6 is 0 Å². The number of hydrogen-bond donors (Lipinski definition) is 0. The van der Waals surface area contributed by atoms with Crippen LogP contribution in [0.3, 0.4) is 0 Å². The molecule has 0 spiro atoms. The highest BCUT2D eigenvalue weighted by atomic mass is 16.5. The molecule has 0 bridgehead atoms. The summed E-state index contributed by atoms with van der Waals surface area (Å²) < 4.78 is 11.2. The molecule has 0 radical (unpaired) electrons. The predicted molar refractivity (Wildman–Crippen MR) is 104 cm³/mol. The van der Waals surface area contributed by atoms with Gasteiger partial charge in [0.25, 0.3) is 0 Å². The van der Waals surface area contributed by atoms with Crippen LogP contribution < -0.4 is 10.2 Å². The van der Waals surface area contributed by atoms with Gasteiger partial charge in [0.2, 0.25) is 0 Å². The van der Waals surface area contributed by atoms with Gasteiger partial charge in [-0.3, -0.25) is 9.59 Å². The number of Topliss-reactive ketones (excluding diaryl/α,β-unsaturated/α-hetero) is 1. The van der Waals surface area contributed by atoms with Crippen LogP contribution in [-0.4, -0.2) is 12.4 Å². The lowest BCUT2D eigenvalue weighted by Gasteiger charge is -2.07. The summed E-state index contributed by atoms with van der Waals surface area (Å²) in [5, 5.41) is 0.470. The van der Waals surface area contributed by atoms with Crippen LogP contribution in [0.2, 0.25) is 0 Å². The molecule has 0 aliphatic rings. The summed E-state index contributed by atoms with van der Waals surface area (Å²) >= 11 is 0. The molecule has 0 aliphatic carbocycles. The van der Waals surface area contributed by atoms with E-state index in [0.717, 1.165) is 5.56 Å². The van der Waals surface area contributed by atoms with E-state index in [2.05, 4.69) is 0 Å². The molecule has 1 heterocycles. The number of carbonyl (C=O) groups is 1. The minimum atomic E-state index is -0.114. The Kier molecular flexibility index (Phi) is 4.54. The molecule has 0 fully saturated rings. The maximum Gasteiger partial charge on any atom is 0.200 e. The molecule has 4 aromatic rings. The smallest absolute Gasteiger partial charge is 0.200 e. The topological polar surface area (TPSA) is 56.5 Å². The van der Waals surface area contributed by atoms with Crippen molar-refractivity contribution in [3.8, 4) is 16.9 Å². The van der Waals surface area contributed by atoms with Gasteiger partial charge in [0.05, 0.1) is 10.9 Å². The zero-order chi connectivity index (χ0) is 18.6. The van der Waals surface area contributed by atoms with E-state index in [9.17, 15) is 9.59 Å². The van der Waals surface area contributed by atoms with Crippen molar-refractivity contribution in [1.82, 2.24) is 0 Å². The van der Waals surface area contributed by atoms with Crippen molar-refractivity contribution >= 4 is 16.8 Å². The number of hydrogen-bond acceptors (Lipinski definition) is 4. The second-order valence-corrected chi connectivity index (χ2v) is 6.08. The van der Waals surface area contributed by atoms with E-state index in [-0.39, 0.29) is 17.8 Å². The van der Waals surface area contributed by atoms with Crippen LogP contribution in [0.1, 0.15) is 10.4 Å². The van der Waals surface area contributed by atoms with Gasteiger partial charge >= 0.3 is 0 Å². The maximum absolute atomic E-state index is 12.7. The van der Waals surface area contributed by atoms with Crippen LogP contribution in [0.15, 0.2) is 94.3 Å². The molecule has 132 valence electrons. The molecule has 0 N–H and O–H groups in total. The Hall–Kier alpha value is -3.66. The zero-order valence-electron chi connectivity index (χ0n) is 14.4. The largest absolute Gasteiger partial charge is 0.485 e.